The van der Waals surface area contributed by atoms with Crippen LogP contribution in [0, 0.1) is 29.4 Å². The first-order chi connectivity index (χ1) is 13.7. The zero-order valence-corrected chi connectivity index (χ0v) is 17.0. The molecule has 3 heteroatoms. The maximum Gasteiger partial charge on any atom is 0.159 e. The summed E-state index contributed by atoms with van der Waals surface area (Å²) in [7, 11) is 0. The summed E-state index contributed by atoms with van der Waals surface area (Å²) in [6.45, 7) is 0. The summed E-state index contributed by atoms with van der Waals surface area (Å²) in [6.07, 6.45) is 18.3. The van der Waals surface area contributed by atoms with Gasteiger partial charge in [-0.2, -0.15) is 0 Å². The second-order valence-corrected chi connectivity index (χ2v) is 9.07. The van der Waals surface area contributed by atoms with Crippen molar-refractivity contribution < 1.29 is 13.2 Å². The second-order valence-electron chi connectivity index (χ2n) is 9.07. The maximum absolute atomic E-state index is 13.5. The Morgan fingerprint density at radius 1 is 0.786 bits per heavy atom. The maximum atomic E-state index is 13.5. The molecule has 0 aliphatic heterocycles. The Hall–Kier alpha value is -1.25. The lowest BCUT2D eigenvalue weighted by Crippen LogP contribution is -2.25. The molecule has 0 unspecified atom stereocenters. The topological polar surface area (TPSA) is 0 Å². The van der Waals surface area contributed by atoms with Gasteiger partial charge < -0.3 is 0 Å². The molecule has 2 aliphatic carbocycles. The Morgan fingerprint density at radius 2 is 1.46 bits per heavy atom. The summed E-state index contributed by atoms with van der Waals surface area (Å²) in [5.41, 5.74) is 0.975. The normalized spacial score (nSPS) is 28.7. The van der Waals surface area contributed by atoms with Gasteiger partial charge in [0.05, 0.1) is 6.33 Å². The molecule has 2 saturated carbocycles. The van der Waals surface area contributed by atoms with Gasteiger partial charge in [0.25, 0.3) is 0 Å². The first kappa shape index (κ1) is 21.5. The number of halogens is 3. The molecule has 0 spiro atoms. The van der Waals surface area contributed by atoms with E-state index in [1.165, 1.54) is 69.9 Å². The van der Waals surface area contributed by atoms with Gasteiger partial charge in [0.2, 0.25) is 0 Å². The fraction of sp³-hybridized carbons (Fsp3) is 0.680. The van der Waals surface area contributed by atoms with Crippen LogP contribution in [-0.4, -0.2) is 0 Å². The molecule has 0 saturated heterocycles. The Labute approximate surface area is 168 Å². The van der Waals surface area contributed by atoms with Crippen molar-refractivity contribution in [2.24, 2.45) is 17.8 Å². The zero-order valence-electron chi connectivity index (χ0n) is 17.0. The predicted octanol–water partition coefficient (Wildman–Crippen LogP) is 8.48. The molecule has 2 fully saturated rings. The van der Waals surface area contributed by atoms with Gasteiger partial charge in [-0.05, 0) is 92.7 Å². The lowest BCUT2D eigenvalue weighted by atomic mass is 9.68. The van der Waals surface area contributed by atoms with Crippen LogP contribution in [0.25, 0.3) is 0 Å². The molecule has 0 N–H and O–H groups in total. The minimum atomic E-state index is -0.745. The van der Waals surface area contributed by atoms with E-state index in [9.17, 15) is 13.2 Å². The Bertz CT molecular complexity index is 608. The Morgan fingerprint density at radius 3 is 2.11 bits per heavy atom. The summed E-state index contributed by atoms with van der Waals surface area (Å²) < 4.78 is 38.6. The van der Waals surface area contributed by atoms with Crippen LogP contribution in [0.2, 0.25) is 0 Å². The van der Waals surface area contributed by atoms with E-state index in [4.69, 9.17) is 0 Å². The van der Waals surface area contributed by atoms with Gasteiger partial charge in [-0.25, -0.2) is 13.2 Å². The summed E-state index contributed by atoms with van der Waals surface area (Å²) in [4.78, 5) is 0. The van der Waals surface area contributed by atoms with E-state index in [1.807, 2.05) is 0 Å². The first-order valence-electron chi connectivity index (χ1n) is 11.4. The van der Waals surface area contributed by atoms with Crippen LogP contribution in [0.1, 0.15) is 95.0 Å². The van der Waals surface area contributed by atoms with Crippen molar-refractivity contribution in [3.63, 3.8) is 0 Å². The van der Waals surface area contributed by atoms with Crippen molar-refractivity contribution in [3.05, 3.63) is 47.8 Å². The molecule has 3 rings (SSSR count). The van der Waals surface area contributed by atoms with Crippen molar-refractivity contribution in [1.82, 2.24) is 0 Å². The highest BCUT2D eigenvalue weighted by Crippen LogP contribution is 2.44. The fourth-order valence-corrected chi connectivity index (χ4v) is 5.57. The molecule has 0 aromatic heterocycles. The highest BCUT2D eigenvalue weighted by molar-refractivity contribution is 5.22. The Balaban J connectivity index is 1.34. The van der Waals surface area contributed by atoms with Crippen molar-refractivity contribution in [2.45, 2.75) is 89.4 Å². The highest BCUT2D eigenvalue weighted by Gasteiger charge is 2.31. The number of allylic oxidation sites excluding steroid dienone is 1. The zero-order chi connectivity index (χ0) is 19.8. The van der Waals surface area contributed by atoms with Crippen molar-refractivity contribution in [2.75, 3.05) is 0 Å². The van der Waals surface area contributed by atoms with Gasteiger partial charge >= 0.3 is 0 Å². The van der Waals surface area contributed by atoms with Gasteiger partial charge in [0.1, 0.15) is 0 Å². The van der Waals surface area contributed by atoms with Crippen LogP contribution < -0.4 is 0 Å². The second kappa shape index (κ2) is 11.1. The number of hydrogen-bond acceptors (Lipinski definition) is 0. The summed E-state index contributed by atoms with van der Waals surface area (Å²) in [5.74, 6) is 1.54. The predicted molar refractivity (Wildman–Crippen MR) is 110 cm³/mol. The number of hydrogen-bond donors (Lipinski definition) is 0. The molecular weight excluding hydrogens is 357 g/mol. The van der Waals surface area contributed by atoms with E-state index < -0.39 is 11.6 Å². The number of benzene rings is 1. The molecule has 0 atom stereocenters. The third-order valence-corrected chi connectivity index (χ3v) is 7.32. The minimum Gasteiger partial charge on any atom is -0.216 e. The SMILES string of the molecule is FC=CCCCCC[C@H]1CC[C@H]([C@H]2CC[C@H](c3ccc(F)c(F)c3)CC2)CC1. The van der Waals surface area contributed by atoms with Gasteiger partial charge in [0.15, 0.2) is 11.6 Å². The van der Waals surface area contributed by atoms with Gasteiger partial charge in [-0.1, -0.05) is 44.2 Å². The lowest BCUT2D eigenvalue weighted by molar-refractivity contribution is 0.155. The molecule has 1 aromatic rings. The average Bonchev–Trinajstić information content (AvgIpc) is 2.73. The van der Waals surface area contributed by atoms with Crippen LogP contribution in [0.4, 0.5) is 13.2 Å². The standard InChI is InChI=1S/C25H35F3/c26-17-5-3-1-2-4-6-19-7-9-20(10-8-19)21-11-13-22(14-12-21)23-15-16-24(27)25(28)18-23/h5,15-22H,1-4,6-14H2/t19-,20-,21-,22-. The van der Waals surface area contributed by atoms with E-state index in [-0.39, 0.29) is 0 Å². The smallest absolute Gasteiger partial charge is 0.159 e. The minimum absolute atomic E-state index is 0.398. The summed E-state index contributed by atoms with van der Waals surface area (Å²) in [5, 5.41) is 0. The molecule has 2 aliphatic rings. The monoisotopic (exact) mass is 392 g/mol. The first-order valence-corrected chi connectivity index (χ1v) is 11.4. The molecule has 0 bridgehead atoms. The quantitative estimate of drug-likeness (QED) is 0.389. The third kappa shape index (κ3) is 6.12. The lowest BCUT2D eigenvalue weighted by Gasteiger charge is -2.38. The molecule has 0 heterocycles. The molecule has 0 nitrogen and oxygen atoms in total. The van der Waals surface area contributed by atoms with Crippen LogP contribution >= 0.6 is 0 Å². The average molecular weight is 393 g/mol. The highest BCUT2D eigenvalue weighted by atomic mass is 19.2. The third-order valence-electron chi connectivity index (χ3n) is 7.32. The van der Waals surface area contributed by atoms with E-state index >= 15 is 0 Å². The van der Waals surface area contributed by atoms with E-state index in [0.29, 0.717) is 12.2 Å². The van der Waals surface area contributed by atoms with E-state index in [1.54, 1.807) is 12.1 Å². The molecule has 1 aromatic carbocycles. The van der Waals surface area contributed by atoms with Gasteiger partial charge in [0, 0.05) is 0 Å². The van der Waals surface area contributed by atoms with Gasteiger partial charge in [-0.15, -0.1) is 0 Å². The molecule has 156 valence electrons. The molecule has 28 heavy (non-hydrogen) atoms. The van der Waals surface area contributed by atoms with Crippen LogP contribution in [-0.2, 0) is 0 Å². The van der Waals surface area contributed by atoms with Crippen LogP contribution in [0.3, 0.4) is 0 Å². The van der Waals surface area contributed by atoms with Crippen molar-refractivity contribution >= 4 is 0 Å². The van der Waals surface area contributed by atoms with Crippen LogP contribution in [0.5, 0.6) is 0 Å². The van der Waals surface area contributed by atoms with E-state index in [2.05, 4.69) is 0 Å². The molecule has 0 amide bonds. The van der Waals surface area contributed by atoms with E-state index in [0.717, 1.165) is 49.0 Å². The van der Waals surface area contributed by atoms with Crippen molar-refractivity contribution in [3.8, 4) is 0 Å². The number of unbranched alkanes of at least 4 members (excludes halogenated alkanes) is 3. The Kier molecular flexibility index (Phi) is 8.48. The van der Waals surface area contributed by atoms with Crippen LogP contribution in [0.15, 0.2) is 30.6 Å². The number of rotatable bonds is 8. The summed E-state index contributed by atoms with van der Waals surface area (Å²) in [6, 6.07) is 4.44. The largest absolute Gasteiger partial charge is 0.216 e. The van der Waals surface area contributed by atoms with Crippen molar-refractivity contribution in [1.29, 1.82) is 0 Å². The molecular formula is C25H35F3. The summed E-state index contributed by atoms with van der Waals surface area (Å²) >= 11 is 0. The van der Waals surface area contributed by atoms with Gasteiger partial charge in [-0.3, -0.25) is 0 Å². The molecule has 0 radical (unpaired) electrons. The fourth-order valence-electron chi connectivity index (χ4n) is 5.57.